The summed E-state index contributed by atoms with van der Waals surface area (Å²) in [6, 6.07) is 0. The molecule has 5 heteroatoms. The average Bonchev–Trinajstić information content (AvgIpc) is 2.64. The highest BCUT2D eigenvalue weighted by molar-refractivity contribution is 9.09. The molecule has 1 amide bonds. The van der Waals surface area contributed by atoms with Crippen molar-refractivity contribution in [3.63, 3.8) is 0 Å². The topological polar surface area (TPSA) is 47.6 Å². The smallest absolute Gasteiger partial charge is 0.226 e. The summed E-state index contributed by atoms with van der Waals surface area (Å²) in [6.45, 7) is 7.57. The van der Waals surface area contributed by atoms with Crippen LogP contribution in [-0.4, -0.2) is 42.2 Å². The summed E-state index contributed by atoms with van der Waals surface area (Å²) in [7, 11) is 0. The van der Waals surface area contributed by atoms with Crippen LogP contribution in [0, 0.1) is 11.8 Å². The second-order valence-electron chi connectivity index (χ2n) is 5.95. The van der Waals surface area contributed by atoms with E-state index < -0.39 is 0 Å². The fourth-order valence-electron chi connectivity index (χ4n) is 3.12. The van der Waals surface area contributed by atoms with Gasteiger partial charge in [0.2, 0.25) is 5.91 Å². The molecule has 0 aliphatic carbocycles. The average molecular weight is 334 g/mol. The molecule has 0 aromatic carbocycles. The van der Waals surface area contributed by atoms with Crippen LogP contribution in [0.4, 0.5) is 0 Å². The van der Waals surface area contributed by atoms with Gasteiger partial charge in [-0.25, -0.2) is 0 Å². The molecular weight excluding hydrogens is 310 g/mol. The minimum absolute atomic E-state index is 0.00258. The highest BCUT2D eigenvalue weighted by Crippen LogP contribution is 2.33. The third-order valence-electron chi connectivity index (χ3n) is 4.64. The summed E-state index contributed by atoms with van der Waals surface area (Å²) >= 11 is 3.55. The number of amides is 1. The Morgan fingerprint density at radius 2 is 1.89 bits per heavy atom. The SMILES string of the molecule is CC1OC(C)C(C(=O)NC2(CBr)CCOCC2)C1C. The van der Waals surface area contributed by atoms with E-state index in [0.717, 1.165) is 18.2 Å². The minimum atomic E-state index is -0.152. The van der Waals surface area contributed by atoms with Gasteiger partial charge in [-0.3, -0.25) is 4.79 Å². The summed E-state index contributed by atoms with van der Waals surface area (Å²) in [6.07, 6.45) is 1.89. The number of carbonyl (C=O) groups excluding carboxylic acids is 1. The van der Waals surface area contributed by atoms with Crippen LogP contribution >= 0.6 is 15.9 Å². The number of nitrogens with one attached hydrogen (secondary N) is 1. The summed E-state index contributed by atoms with van der Waals surface area (Å²) in [5.74, 6) is 0.349. The maximum Gasteiger partial charge on any atom is 0.226 e. The highest BCUT2D eigenvalue weighted by atomic mass is 79.9. The number of carbonyl (C=O) groups is 1. The lowest BCUT2D eigenvalue weighted by Gasteiger charge is -2.38. The zero-order chi connectivity index (χ0) is 14.0. The lowest BCUT2D eigenvalue weighted by atomic mass is 9.86. The van der Waals surface area contributed by atoms with Gasteiger partial charge in [0.1, 0.15) is 0 Å². The van der Waals surface area contributed by atoms with Gasteiger partial charge in [0, 0.05) is 18.5 Å². The largest absolute Gasteiger partial charge is 0.381 e. The quantitative estimate of drug-likeness (QED) is 0.804. The first kappa shape index (κ1) is 15.3. The van der Waals surface area contributed by atoms with Crippen LogP contribution in [0.25, 0.3) is 0 Å². The lowest BCUT2D eigenvalue weighted by molar-refractivity contribution is -0.130. The van der Waals surface area contributed by atoms with Gasteiger partial charge in [-0.1, -0.05) is 22.9 Å². The van der Waals surface area contributed by atoms with Crippen LogP contribution in [0.1, 0.15) is 33.6 Å². The first-order valence-electron chi connectivity index (χ1n) is 7.10. The summed E-state index contributed by atoms with van der Waals surface area (Å²) in [4.78, 5) is 12.6. The third kappa shape index (κ3) is 3.14. The molecule has 0 radical (unpaired) electrons. The first-order valence-corrected chi connectivity index (χ1v) is 8.22. The van der Waals surface area contributed by atoms with Crippen LogP contribution < -0.4 is 5.32 Å². The lowest BCUT2D eigenvalue weighted by Crippen LogP contribution is -2.56. The summed E-state index contributed by atoms with van der Waals surface area (Å²) in [5.41, 5.74) is -0.152. The Kier molecular flexibility index (Phi) is 4.90. The van der Waals surface area contributed by atoms with Crippen molar-refractivity contribution in [2.45, 2.75) is 51.4 Å². The van der Waals surface area contributed by atoms with Crippen molar-refractivity contribution in [3.05, 3.63) is 0 Å². The predicted octanol–water partition coefficient (Wildman–Crippen LogP) is 2.11. The second kappa shape index (κ2) is 6.10. The van der Waals surface area contributed by atoms with Gasteiger partial charge >= 0.3 is 0 Å². The van der Waals surface area contributed by atoms with E-state index in [1.807, 2.05) is 13.8 Å². The standard InChI is InChI=1S/C14H24BrNO3/c1-9-10(2)19-11(3)12(9)13(17)16-14(8-15)4-6-18-7-5-14/h9-12H,4-8H2,1-3H3,(H,16,17). The minimum Gasteiger partial charge on any atom is -0.381 e. The molecule has 2 aliphatic heterocycles. The molecule has 1 N–H and O–H groups in total. The van der Waals surface area contributed by atoms with E-state index in [0.29, 0.717) is 13.2 Å². The number of halogens is 1. The van der Waals surface area contributed by atoms with E-state index in [1.54, 1.807) is 0 Å². The number of ether oxygens (including phenoxy) is 2. The Morgan fingerprint density at radius 1 is 1.26 bits per heavy atom. The number of alkyl halides is 1. The van der Waals surface area contributed by atoms with Crippen LogP contribution in [0.2, 0.25) is 0 Å². The maximum atomic E-state index is 12.6. The molecule has 0 aromatic heterocycles. The van der Waals surface area contributed by atoms with Gasteiger partial charge < -0.3 is 14.8 Å². The van der Waals surface area contributed by atoms with E-state index in [9.17, 15) is 4.79 Å². The Bertz CT molecular complexity index is 331. The van der Waals surface area contributed by atoms with Crippen LogP contribution in [-0.2, 0) is 14.3 Å². The monoisotopic (exact) mass is 333 g/mol. The fourth-order valence-corrected chi connectivity index (χ4v) is 3.82. The van der Waals surface area contributed by atoms with Gasteiger partial charge in [-0.15, -0.1) is 0 Å². The Balaban J connectivity index is 2.03. The number of hydrogen-bond acceptors (Lipinski definition) is 3. The van der Waals surface area contributed by atoms with E-state index in [4.69, 9.17) is 9.47 Å². The zero-order valence-corrected chi connectivity index (χ0v) is 13.5. The molecule has 2 aliphatic rings. The fraction of sp³-hybridized carbons (Fsp3) is 0.929. The van der Waals surface area contributed by atoms with Crippen molar-refractivity contribution >= 4 is 21.8 Å². The molecule has 0 spiro atoms. The van der Waals surface area contributed by atoms with Gasteiger partial charge in [-0.2, -0.15) is 0 Å². The first-order chi connectivity index (χ1) is 8.99. The maximum absolute atomic E-state index is 12.6. The van der Waals surface area contributed by atoms with Crippen molar-refractivity contribution in [1.82, 2.24) is 5.32 Å². The Morgan fingerprint density at radius 3 is 2.37 bits per heavy atom. The predicted molar refractivity (Wildman–Crippen MR) is 77.4 cm³/mol. The highest BCUT2D eigenvalue weighted by Gasteiger charge is 2.44. The molecule has 0 aromatic rings. The molecule has 0 bridgehead atoms. The van der Waals surface area contributed by atoms with Crippen molar-refractivity contribution in [3.8, 4) is 0 Å². The van der Waals surface area contributed by atoms with Crippen LogP contribution in [0.15, 0.2) is 0 Å². The van der Waals surface area contributed by atoms with E-state index in [-0.39, 0.29) is 35.5 Å². The molecular formula is C14H24BrNO3. The van der Waals surface area contributed by atoms with Crippen molar-refractivity contribution in [2.24, 2.45) is 11.8 Å². The van der Waals surface area contributed by atoms with Gasteiger partial charge in [0.15, 0.2) is 0 Å². The van der Waals surface area contributed by atoms with Gasteiger partial charge in [0.25, 0.3) is 0 Å². The molecule has 2 heterocycles. The van der Waals surface area contributed by atoms with Crippen molar-refractivity contribution in [1.29, 1.82) is 0 Å². The zero-order valence-electron chi connectivity index (χ0n) is 11.9. The molecule has 4 nitrogen and oxygen atoms in total. The number of rotatable bonds is 3. The molecule has 19 heavy (non-hydrogen) atoms. The van der Waals surface area contributed by atoms with Crippen molar-refractivity contribution < 1.29 is 14.3 Å². The normalized spacial score (nSPS) is 38.1. The van der Waals surface area contributed by atoms with Crippen LogP contribution in [0.3, 0.4) is 0 Å². The van der Waals surface area contributed by atoms with Crippen molar-refractivity contribution in [2.75, 3.05) is 18.5 Å². The molecule has 2 saturated heterocycles. The Labute approximate surface area is 123 Å². The third-order valence-corrected chi connectivity index (χ3v) is 5.71. The molecule has 2 fully saturated rings. The molecule has 4 unspecified atom stereocenters. The van der Waals surface area contributed by atoms with Crippen LogP contribution in [0.5, 0.6) is 0 Å². The molecule has 0 saturated carbocycles. The van der Waals surface area contributed by atoms with E-state index in [1.165, 1.54) is 0 Å². The molecule has 110 valence electrons. The summed E-state index contributed by atoms with van der Waals surface area (Å²) in [5, 5.41) is 4.04. The van der Waals surface area contributed by atoms with Gasteiger partial charge in [-0.05, 0) is 32.6 Å². The summed E-state index contributed by atoms with van der Waals surface area (Å²) < 4.78 is 11.2. The van der Waals surface area contributed by atoms with E-state index in [2.05, 4.69) is 28.2 Å². The molecule has 2 rings (SSSR count). The number of hydrogen-bond donors (Lipinski definition) is 1. The van der Waals surface area contributed by atoms with E-state index >= 15 is 0 Å². The molecule has 4 atom stereocenters. The Hall–Kier alpha value is -0.130. The second-order valence-corrected chi connectivity index (χ2v) is 6.51. The van der Waals surface area contributed by atoms with Gasteiger partial charge in [0.05, 0.1) is 23.7 Å².